The van der Waals surface area contributed by atoms with Gasteiger partial charge in [0.05, 0.1) is 12.7 Å². The Morgan fingerprint density at radius 3 is 2.78 bits per heavy atom. The van der Waals surface area contributed by atoms with Crippen LogP contribution in [-0.2, 0) is 16.6 Å². The molecule has 2 heterocycles. The second-order valence-corrected chi connectivity index (χ2v) is 8.94. The lowest BCUT2D eigenvalue weighted by atomic mass is 9.80. The van der Waals surface area contributed by atoms with Crippen LogP contribution in [0.25, 0.3) is 22.8 Å². The van der Waals surface area contributed by atoms with Gasteiger partial charge in [-0.1, -0.05) is 23.4 Å². The average molecular weight is 434 g/mol. The number of fused-ring (bicyclic) bond motifs is 2. The van der Waals surface area contributed by atoms with E-state index in [1.54, 1.807) is 4.90 Å². The molecule has 2 aromatic carbocycles. The summed E-state index contributed by atoms with van der Waals surface area (Å²) < 4.78 is 11.3. The van der Waals surface area contributed by atoms with Gasteiger partial charge in [-0.05, 0) is 62.1 Å². The minimum absolute atomic E-state index is 0.00900. The molecule has 1 aliphatic heterocycles. The van der Waals surface area contributed by atoms with Gasteiger partial charge >= 0.3 is 0 Å². The number of hydrogen-bond acceptors (Lipinski definition) is 6. The summed E-state index contributed by atoms with van der Waals surface area (Å²) in [6.07, 6.45) is 2.39. The van der Waals surface area contributed by atoms with Crippen molar-refractivity contribution in [3.63, 3.8) is 0 Å². The van der Waals surface area contributed by atoms with Gasteiger partial charge in [0.1, 0.15) is 5.75 Å². The Kier molecular flexibility index (Phi) is 5.21. The van der Waals surface area contributed by atoms with Crippen molar-refractivity contribution in [1.29, 1.82) is 0 Å². The lowest BCUT2D eigenvalue weighted by Gasteiger charge is -2.24. The molecule has 7 nitrogen and oxygen atoms in total. The van der Waals surface area contributed by atoms with Crippen molar-refractivity contribution in [2.75, 3.05) is 19.7 Å². The number of benzene rings is 2. The van der Waals surface area contributed by atoms with E-state index < -0.39 is 0 Å². The average Bonchev–Trinajstić information content (AvgIpc) is 3.47. The first-order valence-electron chi connectivity index (χ1n) is 11.1. The molecule has 0 bridgehead atoms. The standard InChI is InChI=1S/C25H27N3O4/c1-16(2)31-18-8-6-17(7-9-18)24-26-23(27-32-24)20-4-3-5-21-19(20)10-11-25(21)14-22(30)28(15-25)12-13-29/h3-9,16,29H,10-15H2,1-2H3. The number of carbonyl (C=O) groups excluding carboxylic acids is 1. The van der Waals surface area contributed by atoms with Crippen molar-refractivity contribution in [3.8, 4) is 28.6 Å². The Balaban J connectivity index is 1.43. The maximum absolute atomic E-state index is 12.5. The summed E-state index contributed by atoms with van der Waals surface area (Å²) in [4.78, 5) is 18.9. The van der Waals surface area contributed by atoms with Crippen LogP contribution < -0.4 is 4.74 Å². The Labute approximate surface area is 187 Å². The second kappa shape index (κ2) is 8.06. The van der Waals surface area contributed by atoms with E-state index in [-0.39, 0.29) is 24.0 Å². The predicted octanol–water partition coefficient (Wildman–Crippen LogP) is 3.60. The number of carbonyl (C=O) groups is 1. The van der Waals surface area contributed by atoms with Crippen molar-refractivity contribution in [2.45, 2.75) is 44.6 Å². The molecule has 0 radical (unpaired) electrons. The summed E-state index contributed by atoms with van der Waals surface area (Å²) >= 11 is 0. The van der Waals surface area contributed by atoms with Gasteiger partial charge in [0.25, 0.3) is 5.89 Å². The van der Waals surface area contributed by atoms with E-state index in [0.29, 0.717) is 31.2 Å². The molecule has 5 rings (SSSR count). The highest BCUT2D eigenvalue weighted by Gasteiger charge is 2.48. The third kappa shape index (κ3) is 3.56. The summed E-state index contributed by atoms with van der Waals surface area (Å²) in [6.45, 7) is 5.03. The van der Waals surface area contributed by atoms with E-state index in [1.807, 2.05) is 50.2 Å². The zero-order valence-corrected chi connectivity index (χ0v) is 18.4. The third-order valence-corrected chi connectivity index (χ3v) is 6.45. The van der Waals surface area contributed by atoms with Gasteiger partial charge in [0.15, 0.2) is 0 Å². The first-order chi connectivity index (χ1) is 15.5. The van der Waals surface area contributed by atoms with E-state index >= 15 is 0 Å². The van der Waals surface area contributed by atoms with Gasteiger partial charge in [0, 0.05) is 36.1 Å². The number of aliphatic hydroxyl groups is 1. The molecule has 1 fully saturated rings. The molecule has 32 heavy (non-hydrogen) atoms. The molecule has 1 N–H and O–H groups in total. The number of nitrogens with zero attached hydrogens (tertiary/aromatic N) is 3. The van der Waals surface area contributed by atoms with Gasteiger partial charge in [-0.25, -0.2) is 0 Å². The van der Waals surface area contributed by atoms with E-state index in [0.717, 1.165) is 29.7 Å². The molecular formula is C25H27N3O4. The molecule has 166 valence electrons. The first kappa shape index (κ1) is 20.7. The van der Waals surface area contributed by atoms with Gasteiger partial charge in [-0.2, -0.15) is 4.98 Å². The Hall–Kier alpha value is -3.19. The molecule has 1 aromatic heterocycles. The lowest BCUT2D eigenvalue weighted by molar-refractivity contribution is -0.128. The zero-order valence-electron chi connectivity index (χ0n) is 18.4. The number of aromatic nitrogens is 2. The highest BCUT2D eigenvalue weighted by Crippen LogP contribution is 2.48. The van der Waals surface area contributed by atoms with Gasteiger partial charge < -0.3 is 19.3 Å². The van der Waals surface area contributed by atoms with Gasteiger partial charge in [-0.3, -0.25) is 4.79 Å². The molecule has 3 aromatic rings. The van der Waals surface area contributed by atoms with E-state index in [1.165, 1.54) is 11.1 Å². The smallest absolute Gasteiger partial charge is 0.258 e. The lowest BCUT2D eigenvalue weighted by Crippen LogP contribution is -2.32. The van der Waals surface area contributed by atoms with Gasteiger partial charge in [-0.15, -0.1) is 0 Å². The Bertz CT molecular complexity index is 1140. The molecule has 0 saturated carbocycles. The Morgan fingerprint density at radius 2 is 2.03 bits per heavy atom. The number of ether oxygens (including phenoxy) is 1. The third-order valence-electron chi connectivity index (χ3n) is 6.45. The SMILES string of the molecule is CC(C)Oc1ccc(-c2nc(-c3cccc4c3CCC43CC(=O)N(CCO)C3)no2)cc1. The van der Waals surface area contributed by atoms with Crippen molar-refractivity contribution in [3.05, 3.63) is 53.6 Å². The van der Waals surface area contributed by atoms with Crippen molar-refractivity contribution >= 4 is 5.91 Å². The quantitative estimate of drug-likeness (QED) is 0.639. The molecule has 1 atom stereocenters. The fourth-order valence-electron chi connectivity index (χ4n) is 5.04. The molecular weight excluding hydrogens is 406 g/mol. The molecule has 2 aliphatic rings. The number of amides is 1. The van der Waals surface area contributed by atoms with Crippen LogP contribution in [0.3, 0.4) is 0 Å². The van der Waals surface area contributed by atoms with Crippen LogP contribution in [0.1, 0.15) is 37.8 Å². The normalized spacial score (nSPS) is 19.9. The molecule has 1 unspecified atom stereocenters. The highest BCUT2D eigenvalue weighted by atomic mass is 16.5. The van der Waals surface area contributed by atoms with Crippen LogP contribution in [0, 0.1) is 0 Å². The van der Waals surface area contributed by atoms with Crippen LogP contribution in [0.5, 0.6) is 5.75 Å². The summed E-state index contributed by atoms with van der Waals surface area (Å²) in [5.41, 5.74) is 4.01. The number of rotatable bonds is 6. The monoisotopic (exact) mass is 433 g/mol. The largest absolute Gasteiger partial charge is 0.491 e. The van der Waals surface area contributed by atoms with Gasteiger partial charge in [0.2, 0.25) is 11.7 Å². The topological polar surface area (TPSA) is 88.7 Å². The zero-order chi connectivity index (χ0) is 22.3. The van der Waals surface area contributed by atoms with Crippen LogP contribution in [0.2, 0.25) is 0 Å². The fourth-order valence-corrected chi connectivity index (χ4v) is 5.04. The summed E-state index contributed by atoms with van der Waals surface area (Å²) in [5.74, 6) is 1.94. The predicted molar refractivity (Wildman–Crippen MR) is 119 cm³/mol. The summed E-state index contributed by atoms with van der Waals surface area (Å²) in [7, 11) is 0. The Morgan fingerprint density at radius 1 is 1.22 bits per heavy atom. The van der Waals surface area contributed by atoms with Crippen molar-refractivity contribution in [2.24, 2.45) is 0 Å². The minimum atomic E-state index is -0.184. The molecule has 1 spiro atoms. The fraction of sp³-hybridized carbons (Fsp3) is 0.400. The highest BCUT2D eigenvalue weighted by molar-refractivity contribution is 5.82. The minimum Gasteiger partial charge on any atom is -0.491 e. The number of hydrogen-bond donors (Lipinski definition) is 1. The number of likely N-dealkylation sites (tertiary alicyclic amines) is 1. The molecule has 1 aliphatic carbocycles. The van der Waals surface area contributed by atoms with E-state index in [2.05, 4.69) is 16.2 Å². The number of aliphatic hydroxyl groups excluding tert-OH is 1. The van der Waals surface area contributed by atoms with Crippen LogP contribution >= 0.6 is 0 Å². The van der Waals surface area contributed by atoms with Crippen molar-refractivity contribution in [1.82, 2.24) is 15.0 Å². The first-order valence-corrected chi connectivity index (χ1v) is 11.1. The van der Waals surface area contributed by atoms with Crippen LogP contribution in [0.15, 0.2) is 47.0 Å². The van der Waals surface area contributed by atoms with Crippen LogP contribution in [-0.4, -0.2) is 51.9 Å². The summed E-state index contributed by atoms with van der Waals surface area (Å²) in [6, 6.07) is 13.8. The molecule has 7 heteroatoms. The second-order valence-electron chi connectivity index (χ2n) is 8.94. The maximum atomic E-state index is 12.5. The molecule has 1 amide bonds. The van der Waals surface area contributed by atoms with E-state index in [9.17, 15) is 9.90 Å². The maximum Gasteiger partial charge on any atom is 0.258 e. The van der Waals surface area contributed by atoms with Crippen LogP contribution in [0.4, 0.5) is 0 Å². The van der Waals surface area contributed by atoms with Crippen molar-refractivity contribution < 1.29 is 19.2 Å². The summed E-state index contributed by atoms with van der Waals surface area (Å²) in [5, 5.41) is 13.5. The van der Waals surface area contributed by atoms with E-state index in [4.69, 9.17) is 9.26 Å². The number of β-amino-alcohol motifs (C(OH)–C–C–N with tert-alkyl or cyclic N) is 1. The molecule has 1 saturated heterocycles.